The molecule has 15 heavy (non-hydrogen) atoms. The molecule has 1 aromatic heterocycles. The highest BCUT2D eigenvalue weighted by molar-refractivity contribution is 7.20. The zero-order valence-electron chi connectivity index (χ0n) is 8.24. The molecule has 2 nitrogen and oxygen atoms in total. The Kier molecular flexibility index (Phi) is 3.58. The van der Waals surface area contributed by atoms with Gasteiger partial charge in [0.25, 0.3) is 0 Å². The van der Waals surface area contributed by atoms with E-state index >= 15 is 0 Å². The summed E-state index contributed by atoms with van der Waals surface area (Å²) >= 11 is 13.1. The smallest absolute Gasteiger partial charge is 0.108 e. The number of hydrogen-bond acceptors (Lipinski definition) is 3. The number of aliphatic hydroxyl groups excluding tert-OH is 1. The van der Waals surface area contributed by atoms with Crippen LogP contribution in [0.1, 0.15) is 25.0 Å². The van der Waals surface area contributed by atoms with Crippen molar-refractivity contribution in [2.24, 2.45) is 5.92 Å². The quantitative estimate of drug-likeness (QED) is 0.888. The Bertz CT molecular complexity index is 353. The number of aliphatic hydroxyl groups is 1. The molecule has 0 radical (unpaired) electrons. The average Bonchev–Trinajstić information content (AvgIpc) is 2.71. The average molecular weight is 267 g/mol. The van der Waals surface area contributed by atoms with E-state index in [-0.39, 0.29) is 6.10 Å². The van der Waals surface area contributed by atoms with Crippen LogP contribution in [-0.4, -0.2) is 17.8 Å². The zero-order chi connectivity index (χ0) is 11.0. The highest BCUT2D eigenvalue weighted by Gasteiger charge is 2.33. The molecule has 1 aromatic rings. The van der Waals surface area contributed by atoms with Crippen molar-refractivity contribution < 1.29 is 9.84 Å². The number of ether oxygens (including phenoxy) is 1. The van der Waals surface area contributed by atoms with Gasteiger partial charge < -0.3 is 9.84 Å². The molecule has 1 N–H and O–H groups in total. The normalized spacial score (nSPS) is 28.3. The lowest BCUT2D eigenvalue weighted by Gasteiger charge is -2.20. The van der Waals surface area contributed by atoms with Gasteiger partial charge in [-0.3, -0.25) is 0 Å². The van der Waals surface area contributed by atoms with Crippen molar-refractivity contribution in [3.63, 3.8) is 0 Å². The molecule has 0 aromatic carbocycles. The Morgan fingerprint density at radius 1 is 1.60 bits per heavy atom. The monoisotopic (exact) mass is 266 g/mol. The van der Waals surface area contributed by atoms with Crippen LogP contribution in [0.25, 0.3) is 0 Å². The van der Waals surface area contributed by atoms with Gasteiger partial charge in [0.2, 0.25) is 0 Å². The lowest BCUT2D eigenvalue weighted by Crippen LogP contribution is -2.22. The maximum atomic E-state index is 10.1. The molecule has 1 aliphatic heterocycles. The summed E-state index contributed by atoms with van der Waals surface area (Å²) in [5.74, 6) is 0.356. The Hall–Kier alpha value is 0.200. The standard InChI is InChI=1S/C10H12Cl2O2S/c1-5-2-3-14-9(5)8(13)6-4-7(11)15-10(6)12/h4-5,8-9,13H,2-3H2,1H3. The molecule has 3 unspecified atom stereocenters. The molecule has 5 heteroatoms. The third kappa shape index (κ3) is 2.32. The van der Waals surface area contributed by atoms with Crippen molar-refractivity contribution in [1.29, 1.82) is 0 Å². The van der Waals surface area contributed by atoms with Gasteiger partial charge in [-0.05, 0) is 18.4 Å². The molecule has 0 bridgehead atoms. The minimum absolute atomic E-state index is 0.159. The van der Waals surface area contributed by atoms with E-state index in [9.17, 15) is 5.11 Å². The van der Waals surface area contributed by atoms with E-state index in [0.29, 0.717) is 26.8 Å². The largest absolute Gasteiger partial charge is 0.386 e. The first-order valence-electron chi connectivity index (χ1n) is 4.84. The molecule has 0 amide bonds. The van der Waals surface area contributed by atoms with E-state index in [2.05, 4.69) is 6.92 Å². The molecule has 2 rings (SSSR count). The minimum atomic E-state index is -0.668. The van der Waals surface area contributed by atoms with E-state index < -0.39 is 6.10 Å². The first kappa shape index (κ1) is 11.7. The SMILES string of the molecule is CC1CCOC1C(O)c1cc(Cl)sc1Cl. The summed E-state index contributed by atoms with van der Waals surface area (Å²) in [5.41, 5.74) is 0.686. The second kappa shape index (κ2) is 4.60. The summed E-state index contributed by atoms with van der Waals surface area (Å²) in [4.78, 5) is 0. The number of halogens is 2. The van der Waals surface area contributed by atoms with Crippen LogP contribution in [0.3, 0.4) is 0 Å². The van der Waals surface area contributed by atoms with Crippen molar-refractivity contribution in [2.45, 2.75) is 25.6 Å². The van der Waals surface area contributed by atoms with E-state index in [4.69, 9.17) is 27.9 Å². The molecule has 1 fully saturated rings. The molecular weight excluding hydrogens is 255 g/mol. The molecule has 1 aliphatic rings. The van der Waals surface area contributed by atoms with Crippen LogP contribution >= 0.6 is 34.5 Å². The van der Waals surface area contributed by atoms with Crippen LogP contribution in [0.4, 0.5) is 0 Å². The topological polar surface area (TPSA) is 29.5 Å². The van der Waals surface area contributed by atoms with Gasteiger partial charge >= 0.3 is 0 Å². The van der Waals surface area contributed by atoms with Crippen LogP contribution in [0.15, 0.2) is 6.07 Å². The molecular formula is C10H12Cl2O2S. The van der Waals surface area contributed by atoms with E-state index in [1.807, 2.05) is 0 Å². The van der Waals surface area contributed by atoms with Crippen molar-refractivity contribution >= 4 is 34.5 Å². The lowest BCUT2D eigenvalue weighted by molar-refractivity contribution is -0.0175. The van der Waals surface area contributed by atoms with Gasteiger partial charge in [-0.2, -0.15) is 0 Å². The molecule has 0 aliphatic carbocycles. The maximum absolute atomic E-state index is 10.1. The summed E-state index contributed by atoms with van der Waals surface area (Å²) in [6.07, 6.45) is 0.156. The van der Waals surface area contributed by atoms with Gasteiger partial charge in [0, 0.05) is 12.2 Å². The van der Waals surface area contributed by atoms with Crippen molar-refractivity contribution in [2.75, 3.05) is 6.61 Å². The van der Waals surface area contributed by atoms with Crippen LogP contribution < -0.4 is 0 Å². The molecule has 3 atom stereocenters. The van der Waals surface area contributed by atoms with E-state index in [1.165, 1.54) is 11.3 Å². The van der Waals surface area contributed by atoms with Crippen LogP contribution in [0, 0.1) is 5.92 Å². The highest BCUT2D eigenvalue weighted by Crippen LogP contribution is 2.39. The first-order chi connectivity index (χ1) is 7.09. The molecule has 2 heterocycles. The molecule has 84 valence electrons. The third-order valence-electron chi connectivity index (χ3n) is 2.76. The van der Waals surface area contributed by atoms with Crippen LogP contribution in [0.5, 0.6) is 0 Å². The lowest BCUT2D eigenvalue weighted by atomic mass is 9.96. The van der Waals surface area contributed by atoms with Crippen molar-refractivity contribution in [1.82, 2.24) is 0 Å². The maximum Gasteiger partial charge on any atom is 0.108 e. The van der Waals surface area contributed by atoms with Gasteiger partial charge in [0.15, 0.2) is 0 Å². The van der Waals surface area contributed by atoms with Crippen molar-refractivity contribution in [3.05, 3.63) is 20.3 Å². The van der Waals surface area contributed by atoms with Crippen molar-refractivity contribution in [3.8, 4) is 0 Å². The molecule has 0 saturated carbocycles. The second-order valence-corrected chi connectivity index (χ2v) is 6.11. The number of rotatable bonds is 2. The zero-order valence-corrected chi connectivity index (χ0v) is 10.6. The fourth-order valence-corrected chi connectivity index (χ4v) is 3.39. The van der Waals surface area contributed by atoms with Crippen LogP contribution in [0.2, 0.25) is 8.67 Å². The Morgan fingerprint density at radius 3 is 2.80 bits per heavy atom. The molecule has 0 spiro atoms. The first-order valence-corrected chi connectivity index (χ1v) is 6.41. The summed E-state index contributed by atoms with van der Waals surface area (Å²) in [7, 11) is 0. The van der Waals surface area contributed by atoms with E-state index in [0.717, 1.165) is 6.42 Å². The third-order valence-corrected chi connectivity index (χ3v) is 4.28. The second-order valence-electron chi connectivity index (χ2n) is 3.83. The van der Waals surface area contributed by atoms with Gasteiger partial charge in [0.1, 0.15) is 10.4 Å². The number of hydrogen-bond donors (Lipinski definition) is 1. The Morgan fingerprint density at radius 2 is 2.33 bits per heavy atom. The predicted molar refractivity (Wildman–Crippen MR) is 62.8 cm³/mol. The molecule has 1 saturated heterocycles. The van der Waals surface area contributed by atoms with Crippen LogP contribution in [-0.2, 0) is 4.74 Å². The Labute approximate surface area is 103 Å². The van der Waals surface area contributed by atoms with Gasteiger partial charge in [0.05, 0.1) is 10.4 Å². The fourth-order valence-electron chi connectivity index (χ4n) is 1.85. The summed E-state index contributed by atoms with van der Waals surface area (Å²) in [6, 6.07) is 1.72. The minimum Gasteiger partial charge on any atom is -0.386 e. The van der Waals surface area contributed by atoms with Gasteiger partial charge in [-0.1, -0.05) is 30.1 Å². The summed E-state index contributed by atoms with van der Waals surface area (Å²) in [5, 5.41) is 10.1. The van der Waals surface area contributed by atoms with Gasteiger partial charge in [-0.25, -0.2) is 0 Å². The summed E-state index contributed by atoms with van der Waals surface area (Å²) < 4.78 is 6.65. The Balaban J connectivity index is 2.19. The number of thiophene rings is 1. The summed E-state index contributed by atoms with van der Waals surface area (Å²) in [6.45, 7) is 2.78. The van der Waals surface area contributed by atoms with Gasteiger partial charge in [-0.15, -0.1) is 11.3 Å². The van der Waals surface area contributed by atoms with E-state index in [1.54, 1.807) is 6.07 Å². The predicted octanol–water partition coefficient (Wildman–Crippen LogP) is 3.51. The highest BCUT2D eigenvalue weighted by atomic mass is 35.5. The fraction of sp³-hybridized carbons (Fsp3) is 0.600.